The third kappa shape index (κ3) is 3.39. The fraction of sp³-hybridized carbons (Fsp3) is 0.500. The Balaban J connectivity index is 1.52. The van der Waals surface area contributed by atoms with E-state index < -0.39 is 0 Å². The fourth-order valence-corrected chi connectivity index (χ4v) is 3.64. The molecule has 0 saturated carbocycles. The van der Waals surface area contributed by atoms with Gasteiger partial charge in [0.15, 0.2) is 5.79 Å². The van der Waals surface area contributed by atoms with Crippen LogP contribution in [0.25, 0.3) is 0 Å². The van der Waals surface area contributed by atoms with Crippen molar-refractivity contribution >= 4 is 17.5 Å². The number of anilines is 3. The molecule has 0 atom stereocenters. The van der Waals surface area contributed by atoms with E-state index in [0.717, 1.165) is 43.1 Å². The molecule has 1 N–H and O–H groups in total. The van der Waals surface area contributed by atoms with Gasteiger partial charge in [-0.25, -0.2) is 4.98 Å². The summed E-state index contributed by atoms with van der Waals surface area (Å²) in [6.45, 7) is 9.39. The van der Waals surface area contributed by atoms with E-state index >= 15 is 0 Å². The van der Waals surface area contributed by atoms with Crippen LogP contribution in [0, 0.1) is 20.8 Å². The van der Waals surface area contributed by atoms with Gasteiger partial charge >= 0.3 is 0 Å². The lowest BCUT2D eigenvalue weighted by atomic mass is 10.0. The highest BCUT2D eigenvalue weighted by Gasteiger charge is 2.40. The molecule has 2 saturated heterocycles. The number of hydrogen-bond donors (Lipinski definition) is 1. The summed E-state index contributed by atoms with van der Waals surface area (Å²) < 4.78 is 11.6. The first kappa shape index (κ1) is 17.2. The van der Waals surface area contributed by atoms with E-state index in [1.54, 1.807) is 0 Å². The van der Waals surface area contributed by atoms with Crippen molar-refractivity contribution in [3.63, 3.8) is 0 Å². The number of benzene rings is 1. The van der Waals surface area contributed by atoms with Gasteiger partial charge in [-0.1, -0.05) is 12.1 Å². The van der Waals surface area contributed by atoms with Gasteiger partial charge in [-0.05, 0) is 38.0 Å². The molecule has 4 rings (SSSR count). The Hall–Kier alpha value is -2.18. The van der Waals surface area contributed by atoms with Crippen molar-refractivity contribution in [3.8, 4) is 0 Å². The molecule has 0 unspecified atom stereocenters. The molecular formula is C20H26N4O2. The molecule has 1 aromatic heterocycles. The van der Waals surface area contributed by atoms with Gasteiger partial charge in [0.05, 0.1) is 13.2 Å². The highest BCUT2D eigenvalue weighted by atomic mass is 16.7. The number of aryl methyl sites for hydroxylation is 2. The molecule has 1 spiro atoms. The summed E-state index contributed by atoms with van der Waals surface area (Å²) in [6, 6.07) is 8.27. The number of hydrogen-bond acceptors (Lipinski definition) is 6. The Morgan fingerprint density at radius 2 is 1.77 bits per heavy atom. The van der Waals surface area contributed by atoms with Gasteiger partial charge in [-0.3, -0.25) is 0 Å². The van der Waals surface area contributed by atoms with Crippen molar-refractivity contribution in [2.24, 2.45) is 0 Å². The molecule has 6 heteroatoms. The Morgan fingerprint density at radius 3 is 2.50 bits per heavy atom. The molecule has 0 amide bonds. The van der Waals surface area contributed by atoms with E-state index in [-0.39, 0.29) is 5.79 Å². The lowest BCUT2D eigenvalue weighted by Gasteiger charge is -2.38. The highest BCUT2D eigenvalue weighted by molar-refractivity contribution is 5.61. The normalized spacial score (nSPS) is 19.1. The average Bonchev–Trinajstić information content (AvgIpc) is 3.07. The lowest BCUT2D eigenvalue weighted by molar-refractivity contribution is -0.169. The number of ether oxygens (including phenoxy) is 2. The summed E-state index contributed by atoms with van der Waals surface area (Å²) in [6.07, 6.45) is 1.74. The molecule has 2 aliphatic heterocycles. The second kappa shape index (κ2) is 6.85. The van der Waals surface area contributed by atoms with Crippen LogP contribution in [0.2, 0.25) is 0 Å². The molecule has 2 aromatic rings. The average molecular weight is 354 g/mol. The Kier molecular flexibility index (Phi) is 4.54. The van der Waals surface area contributed by atoms with Crippen LogP contribution in [0.5, 0.6) is 0 Å². The van der Waals surface area contributed by atoms with E-state index in [2.05, 4.69) is 41.2 Å². The number of rotatable bonds is 3. The molecule has 2 aliphatic rings. The maximum absolute atomic E-state index is 5.82. The van der Waals surface area contributed by atoms with E-state index in [0.29, 0.717) is 19.2 Å². The third-order valence-corrected chi connectivity index (χ3v) is 5.35. The van der Waals surface area contributed by atoms with Crippen LogP contribution in [-0.4, -0.2) is 42.1 Å². The second-order valence-electron chi connectivity index (χ2n) is 7.16. The zero-order chi connectivity index (χ0) is 18.1. The summed E-state index contributed by atoms with van der Waals surface area (Å²) in [5.74, 6) is 1.23. The van der Waals surface area contributed by atoms with Crippen LogP contribution < -0.4 is 10.2 Å². The van der Waals surface area contributed by atoms with Gasteiger partial charge in [0.25, 0.3) is 0 Å². The zero-order valence-electron chi connectivity index (χ0n) is 15.7. The Labute approximate surface area is 154 Å². The van der Waals surface area contributed by atoms with Crippen molar-refractivity contribution in [3.05, 3.63) is 41.1 Å². The van der Waals surface area contributed by atoms with Crippen molar-refractivity contribution in [1.29, 1.82) is 0 Å². The summed E-state index contributed by atoms with van der Waals surface area (Å²) in [5, 5.41) is 3.38. The van der Waals surface area contributed by atoms with Crippen molar-refractivity contribution in [2.75, 3.05) is 36.5 Å². The van der Waals surface area contributed by atoms with Gasteiger partial charge in [-0.15, -0.1) is 0 Å². The van der Waals surface area contributed by atoms with Gasteiger partial charge in [0.2, 0.25) is 5.95 Å². The summed E-state index contributed by atoms with van der Waals surface area (Å²) in [4.78, 5) is 11.6. The molecule has 1 aromatic carbocycles. The molecule has 0 bridgehead atoms. The minimum atomic E-state index is -0.363. The summed E-state index contributed by atoms with van der Waals surface area (Å²) in [5.41, 5.74) is 4.47. The van der Waals surface area contributed by atoms with Crippen LogP contribution in [0.15, 0.2) is 24.3 Å². The van der Waals surface area contributed by atoms with Crippen LogP contribution in [0.4, 0.5) is 17.5 Å². The highest BCUT2D eigenvalue weighted by Crippen LogP contribution is 2.33. The molecule has 26 heavy (non-hydrogen) atoms. The first-order valence-electron chi connectivity index (χ1n) is 9.26. The standard InChI is InChI=1S/C20H26N4O2/c1-14-5-4-6-17(16(14)3)22-19-21-15(2)13-18(23-19)24-9-7-20(8-10-24)25-11-12-26-20/h4-6,13H,7-12H2,1-3H3,(H,21,22,23). The van der Waals surface area contributed by atoms with Crippen molar-refractivity contribution < 1.29 is 9.47 Å². The Morgan fingerprint density at radius 1 is 1.04 bits per heavy atom. The van der Waals surface area contributed by atoms with Crippen LogP contribution in [0.3, 0.4) is 0 Å². The van der Waals surface area contributed by atoms with Crippen LogP contribution in [0.1, 0.15) is 29.7 Å². The van der Waals surface area contributed by atoms with Gasteiger partial charge in [0, 0.05) is 43.4 Å². The van der Waals surface area contributed by atoms with E-state index in [9.17, 15) is 0 Å². The first-order chi connectivity index (χ1) is 12.5. The monoisotopic (exact) mass is 354 g/mol. The van der Waals surface area contributed by atoms with Gasteiger partial charge in [-0.2, -0.15) is 4.98 Å². The SMILES string of the molecule is Cc1cc(N2CCC3(CC2)OCCO3)nc(Nc2cccc(C)c2C)n1. The minimum Gasteiger partial charge on any atom is -0.356 e. The lowest BCUT2D eigenvalue weighted by Crippen LogP contribution is -2.45. The number of nitrogens with zero attached hydrogens (tertiary/aromatic N) is 3. The van der Waals surface area contributed by atoms with E-state index in [1.807, 2.05) is 19.1 Å². The summed E-state index contributed by atoms with van der Waals surface area (Å²) >= 11 is 0. The number of nitrogens with one attached hydrogen (secondary N) is 1. The van der Waals surface area contributed by atoms with E-state index in [4.69, 9.17) is 14.5 Å². The van der Waals surface area contributed by atoms with Crippen molar-refractivity contribution in [2.45, 2.75) is 39.4 Å². The Bertz CT molecular complexity index is 792. The number of aromatic nitrogens is 2. The fourth-order valence-electron chi connectivity index (χ4n) is 3.64. The van der Waals surface area contributed by atoms with Crippen LogP contribution >= 0.6 is 0 Å². The first-order valence-corrected chi connectivity index (χ1v) is 9.26. The van der Waals surface area contributed by atoms with Gasteiger partial charge < -0.3 is 19.7 Å². The number of piperidine rings is 1. The molecule has 3 heterocycles. The largest absolute Gasteiger partial charge is 0.356 e. The predicted molar refractivity (Wildman–Crippen MR) is 102 cm³/mol. The van der Waals surface area contributed by atoms with Gasteiger partial charge in [0.1, 0.15) is 5.82 Å². The zero-order valence-corrected chi connectivity index (χ0v) is 15.7. The third-order valence-electron chi connectivity index (χ3n) is 5.35. The molecule has 2 fully saturated rings. The molecular weight excluding hydrogens is 328 g/mol. The molecule has 138 valence electrons. The second-order valence-corrected chi connectivity index (χ2v) is 7.16. The minimum absolute atomic E-state index is 0.363. The smallest absolute Gasteiger partial charge is 0.229 e. The van der Waals surface area contributed by atoms with Crippen molar-refractivity contribution in [1.82, 2.24) is 9.97 Å². The summed E-state index contributed by atoms with van der Waals surface area (Å²) in [7, 11) is 0. The topological polar surface area (TPSA) is 59.5 Å². The molecule has 6 nitrogen and oxygen atoms in total. The van der Waals surface area contributed by atoms with E-state index in [1.165, 1.54) is 11.1 Å². The predicted octanol–water partition coefficient (Wildman–Crippen LogP) is 3.49. The maximum Gasteiger partial charge on any atom is 0.229 e. The molecule has 0 aliphatic carbocycles. The quantitative estimate of drug-likeness (QED) is 0.910. The van der Waals surface area contributed by atoms with Crippen LogP contribution in [-0.2, 0) is 9.47 Å². The molecule has 0 radical (unpaired) electrons. The maximum atomic E-state index is 5.82.